The molecule has 0 saturated heterocycles. The Morgan fingerprint density at radius 1 is 1.31 bits per heavy atom. The number of aliphatic imine (C=N–C) groups is 1. The predicted octanol–water partition coefficient (Wildman–Crippen LogP) is 1.23. The molecule has 2 rings (SSSR count). The number of hydrogen-bond donors (Lipinski definition) is 0. The molecule has 0 aliphatic carbocycles. The van der Waals surface area contributed by atoms with E-state index in [1.807, 2.05) is 11.2 Å². The molecule has 0 N–H and O–H groups in total. The lowest BCUT2D eigenvalue weighted by Gasteiger charge is -2.31. The van der Waals surface area contributed by atoms with Crippen LogP contribution in [0.4, 0.5) is 0 Å². The van der Waals surface area contributed by atoms with Gasteiger partial charge in [0.2, 0.25) is 0 Å². The second-order valence-corrected chi connectivity index (χ2v) is 4.21. The molecule has 2 heterocycles. The van der Waals surface area contributed by atoms with E-state index in [2.05, 4.69) is 35.8 Å². The van der Waals surface area contributed by atoms with Crippen molar-refractivity contribution in [1.82, 2.24) is 9.91 Å². The van der Waals surface area contributed by atoms with Crippen LogP contribution < -0.4 is 0 Å². The number of hydrazone groups is 1. The molecule has 0 fully saturated rings. The van der Waals surface area contributed by atoms with Crippen molar-refractivity contribution in [1.29, 1.82) is 0 Å². The van der Waals surface area contributed by atoms with E-state index in [-0.39, 0.29) is 5.54 Å². The molecule has 0 aromatic rings. The highest BCUT2D eigenvalue weighted by atomic mass is 15.6. The summed E-state index contributed by atoms with van der Waals surface area (Å²) in [5, 5.41) is 6.10. The molecule has 0 saturated carbocycles. The largest absolute Gasteiger partial charge is 0.350 e. The van der Waals surface area contributed by atoms with Crippen molar-refractivity contribution in [2.75, 3.05) is 6.67 Å². The number of nitrogens with zero attached hydrogens (tertiary/aromatic N) is 4. The van der Waals surface area contributed by atoms with Crippen LogP contribution in [0.1, 0.15) is 20.8 Å². The Hall–Kier alpha value is -1.32. The normalized spacial score (nSPS) is 20.7. The highest BCUT2D eigenvalue weighted by Crippen LogP contribution is 2.25. The maximum Gasteiger partial charge on any atom is 0.166 e. The van der Waals surface area contributed by atoms with E-state index in [9.17, 15) is 0 Å². The van der Waals surface area contributed by atoms with Gasteiger partial charge in [0, 0.05) is 18.0 Å². The first-order valence-electron chi connectivity index (χ1n) is 4.40. The third-order valence-electron chi connectivity index (χ3n) is 2.16. The van der Waals surface area contributed by atoms with E-state index in [1.54, 1.807) is 12.4 Å². The Morgan fingerprint density at radius 3 is 2.69 bits per heavy atom. The van der Waals surface area contributed by atoms with Crippen molar-refractivity contribution in [3.05, 3.63) is 12.0 Å². The van der Waals surface area contributed by atoms with Gasteiger partial charge in [-0.15, -0.1) is 0 Å². The Kier molecular flexibility index (Phi) is 1.65. The highest BCUT2D eigenvalue weighted by molar-refractivity contribution is 6.16. The number of rotatable bonds is 0. The minimum absolute atomic E-state index is 0.134. The summed E-state index contributed by atoms with van der Waals surface area (Å²) in [6.45, 7) is 7.33. The average molecular weight is 178 g/mol. The van der Waals surface area contributed by atoms with Crippen molar-refractivity contribution < 1.29 is 0 Å². The molecule has 4 nitrogen and oxygen atoms in total. The Morgan fingerprint density at radius 2 is 2.08 bits per heavy atom. The van der Waals surface area contributed by atoms with Crippen LogP contribution in [-0.2, 0) is 0 Å². The quantitative estimate of drug-likeness (QED) is 0.558. The first-order chi connectivity index (χ1) is 6.07. The number of hydrogen-bond acceptors (Lipinski definition) is 4. The molecule has 0 spiro atoms. The second-order valence-electron chi connectivity index (χ2n) is 4.21. The molecule has 0 bridgehead atoms. The summed E-state index contributed by atoms with van der Waals surface area (Å²) in [6, 6.07) is 0. The first-order valence-corrected chi connectivity index (χ1v) is 4.40. The van der Waals surface area contributed by atoms with Crippen molar-refractivity contribution in [3.8, 4) is 0 Å². The van der Waals surface area contributed by atoms with Crippen molar-refractivity contribution in [3.63, 3.8) is 0 Å². The minimum atomic E-state index is 0.134. The van der Waals surface area contributed by atoms with E-state index in [1.165, 1.54) is 0 Å². The SMILES string of the molecule is CC(C)(C)N1C=C2N=CC=NN2C1. The predicted molar refractivity (Wildman–Crippen MR) is 53.4 cm³/mol. The standard InChI is InChI=1S/C9H14N4/c1-9(2,3)12-6-8-10-4-5-11-13(8)7-12/h4-6H,7H2,1-3H3. The van der Waals surface area contributed by atoms with E-state index in [4.69, 9.17) is 0 Å². The van der Waals surface area contributed by atoms with E-state index >= 15 is 0 Å². The first kappa shape index (κ1) is 8.29. The zero-order chi connectivity index (χ0) is 9.47. The summed E-state index contributed by atoms with van der Waals surface area (Å²) in [4.78, 5) is 6.45. The van der Waals surface area contributed by atoms with E-state index in [0.29, 0.717) is 0 Å². The van der Waals surface area contributed by atoms with Crippen molar-refractivity contribution in [2.45, 2.75) is 26.3 Å². The van der Waals surface area contributed by atoms with Gasteiger partial charge in [0.15, 0.2) is 5.82 Å². The molecule has 0 amide bonds. The van der Waals surface area contributed by atoms with Gasteiger partial charge in [0.1, 0.15) is 6.67 Å². The van der Waals surface area contributed by atoms with Crippen LogP contribution in [0.3, 0.4) is 0 Å². The summed E-state index contributed by atoms with van der Waals surface area (Å²) in [7, 11) is 0. The van der Waals surface area contributed by atoms with Gasteiger partial charge in [-0.2, -0.15) is 5.10 Å². The summed E-state index contributed by atoms with van der Waals surface area (Å²) in [5.41, 5.74) is 0.134. The van der Waals surface area contributed by atoms with Crippen LogP contribution in [0.15, 0.2) is 22.1 Å². The molecule has 2 aliphatic heterocycles. The highest BCUT2D eigenvalue weighted by Gasteiger charge is 2.28. The lowest BCUT2D eigenvalue weighted by Crippen LogP contribution is -2.38. The van der Waals surface area contributed by atoms with Crippen LogP contribution in [0.5, 0.6) is 0 Å². The monoisotopic (exact) mass is 178 g/mol. The van der Waals surface area contributed by atoms with Gasteiger partial charge in [-0.1, -0.05) is 0 Å². The molecular weight excluding hydrogens is 164 g/mol. The fraction of sp³-hybridized carbons (Fsp3) is 0.556. The smallest absolute Gasteiger partial charge is 0.166 e. The maximum atomic E-state index is 4.23. The van der Waals surface area contributed by atoms with Gasteiger partial charge < -0.3 is 4.90 Å². The molecule has 13 heavy (non-hydrogen) atoms. The van der Waals surface area contributed by atoms with Gasteiger partial charge in [-0.05, 0) is 20.8 Å². The summed E-state index contributed by atoms with van der Waals surface area (Å²) >= 11 is 0. The molecule has 0 unspecified atom stereocenters. The zero-order valence-electron chi connectivity index (χ0n) is 8.23. The Balaban J connectivity index is 2.21. The zero-order valence-corrected chi connectivity index (χ0v) is 8.23. The fourth-order valence-corrected chi connectivity index (χ4v) is 1.29. The molecule has 2 aliphatic rings. The average Bonchev–Trinajstić information content (AvgIpc) is 2.45. The summed E-state index contributed by atoms with van der Waals surface area (Å²) in [6.07, 6.45) is 5.48. The topological polar surface area (TPSA) is 31.2 Å². The van der Waals surface area contributed by atoms with Crippen LogP contribution in [0.25, 0.3) is 0 Å². The van der Waals surface area contributed by atoms with Gasteiger partial charge in [-0.3, -0.25) is 0 Å². The summed E-state index contributed by atoms with van der Waals surface area (Å²) in [5.74, 6) is 0.928. The third kappa shape index (κ3) is 1.43. The van der Waals surface area contributed by atoms with Gasteiger partial charge >= 0.3 is 0 Å². The Bertz CT molecular complexity index is 295. The second kappa shape index (κ2) is 2.58. The summed E-state index contributed by atoms with van der Waals surface area (Å²) < 4.78 is 0. The lowest BCUT2D eigenvalue weighted by molar-refractivity contribution is 0.161. The molecule has 70 valence electrons. The van der Waals surface area contributed by atoms with Crippen LogP contribution >= 0.6 is 0 Å². The van der Waals surface area contributed by atoms with Crippen LogP contribution in [0, 0.1) is 0 Å². The van der Waals surface area contributed by atoms with Gasteiger partial charge in [-0.25, -0.2) is 10.0 Å². The fourth-order valence-electron chi connectivity index (χ4n) is 1.29. The molecule has 4 heteroatoms. The molecule has 0 radical (unpaired) electrons. The van der Waals surface area contributed by atoms with Crippen molar-refractivity contribution in [2.24, 2.45) is 10.1 Å². The van der Waals surface area contributed by atoms with Crippen LogP contribution in [-0.4, -0.2) is 34.5 Å². The molecular formula is C9H14N4. The number of fused-ring (bicyclic) bond motifs is 1. The minimum Gasteiger partial charge on any atom is -0.350 e. The lowest BCUT2D eigenvalue weighted by atomic mass is 10.1. The third-order valence-corrected chi connectivity index (χ3v) is 2.16. The van der Waals surface area contributed by atoms with Crippen LogP contribution in [0.2, 0.25) is 0 Å². The molecule has 0 atom stereocenters. The Labute approximate surface area is 78.2 Å². The maximum absolute atomic E-state index is 4.23. The molecule has 0 aromatic carbocycles. The molecule has 0 aromatic heterocycles. The van der Waals surface area contributed by atoms with E-state index < -0.39 is 0 Å². The van der Waals surface area contributed by atoms with Gasteiger partial charge in [0.25, 0.3) is 0 Å². The van der Waals surface area contributed by atoms with E-state index in [0.717, 1.165) is 12.5 Å². The van der Waals surface area contributed by atoms with Crippen molar-refractivity contribution >= 4 is 12.4 Å². The van der Waals surface area contributed by atoms with Gasteiger partial charge in [0.05, 0.1) is 6.21 Å².